The van der Waals surface area contributed by atoms with Crippen LogP contribution in [0.3, 0.4) is 0 Å². The average Bonchev–Trinajstić information content (AvgIpc) is 2.54. The zero-order chi connectivity index (χ0) is 16.7. The maximum atomic E-state index is 13.3. The molecule has 1 N–H and O–H groups in total. The third-order valence-electron chi connectivity index (χ3n) is 3.01. The number of hydrogen-bond donors (Lipinski definition) is 1. The van der Waals surface area contributed by atoms with Crippen molar-refractivity contribution in [3.8, 4) is 5.75 Å². The molecule has 0 aliphatic carbocycles. The van der Waals surface area contributed by atoms with Crippen LogP contribution in [-0.2, 0) is 4.79 Å². The first-order chi connectivity index (χ1) is 11.1. The first kappa shape index (κ1) is 16.5. The monoisotopic (exact) mass is 315 g/mol. The van der Waals surface area contributed by atoms with Crippen LogP contribution in [0, 0.1) is 5.82 Å². The van der Waals surface area contributed by atoms with Gasteiger partial charge in [-0.25, -0.2) is 9.82 Å². The Hall–Kier alpha value is -2.89. The lowest BCUT2D eigenvalue weighted by molar-refractivity contribution is -0.123. The predicted octanol–water partition coefficient (Wildman–Crippen LogP) is 2.42. The maximum absolute atomic E-state index is 13.3. The van der Waals surface area contributed by atoms with E-state index in [9.17, 15) is 9.18 Å². The summed E-state index contributed by atoms with van der Waals surface area (Å²) in [7, 11) is 3.91. The molecule has 0 heterocycles. The molecule has 120 valence electrons. The van der Waals surface area contributed by atoms with Gasteiger partial charge < -0.3 is 9.64 Å². The van der Waals surface area contributed by atoms with E-state index in [0.29, 0.717) is 0 Å². The van der Waals surface area contributed by atoms with E-state index < -0.39 is 11.7 Å². The molecule has 0 bridgehead atoms. The fraction of sp³-hybridized carbons (Fsp3) is 0.176. The molecule has 0 aromatic heterocycles. The van der Waals surface area contributed by atoms with Crippen molar-refractivity contribution in [1.29, 1.82) is 0 Å². The fourth-order valence-corrected chi connectivity index (χ4v) is 1.77. The van der Waals surface area contributed by atoms with Crippen molar-refractivity contribution in [2.24, 2.45) is 5.10 Å². The van der Waals surface area contributed by atoms with Gasteiger partial charge in [-0.15, -0.1) is 0 Å². The molecule has 23 heavy (non-hydrogen) atoms. The lowest BCUT2D eigenvalue weighted by Gasteiger charge is -2.11. The molecule has 0 fully saturated rings. The van der Waals surface area contributed by atoms with Gasteiger partial charge in [-0.2, -0.15) is 5.10 Å². The van der Waals surface area contributed by atoms with Crippen molar-refractivity contribution in [1.82, 2.24) is 5.43 Å². The molecule has 6 heteroatoms. The van der Waals surface area contributed by atoms with Gasteiger partial charge in [0.05, 0.1) is 6.21 Å². The number of nitrogens with one attached hydrogen (secondary N) is 1. The molecular weight excluding hydrogens is 297 g/mol. The van der Waals surface area contributed by atoms with Crippen LogP contribution in [0.4, 0.5) is 10.1 Å². The van der Waals surface area contributed by atoms with E-state index in [4.69, 9.17) is 4.74 Å². The molecular formula is C17H18FN3O2. The smallest absolute Gasteiger partial charge is 0.277 e. The molecule has 1 amide bonds. The molecule has 2 rings (SSSR count). The minimum Gasteiger partial charge on any atom is -0.481 e. The van der Waals surface area contributed by atoms with E-state index in [1.807, 2.05) is 43.3 Å². The van der Waals surface area contributed by atoms with E-state index >= 15 is 0 Å². The number of nitrogens with zero attached hydrogens (tertiary/aromatic N) is 2. The zero-order valence-corrected chi connectivity index (χ0v) is 13.0. The van der Waals surface area contributed by atoms with E-state index in [-0.39, 0.29) is 12.4 Å². The highest BCUT2D eigenvalue weighted by molar-refractivity contribution is 5.83. The second-order valence-corrected chi connectivity index (χ2v) is 5.00. The van der Waals surface area contributed by atoms with Crippen LogP contribution >= 0.6 is 0 Å². The van der Waals surface area contributed by atoms with Gasteiger partial charge in [-0.1, -0.05) is 24.3 Å². The number of hydrogen-bond acceptors (Lipinski definition) is 4. The number of carbonyl (C=O) groups is 1. The topological polar surface area (TPSA) is 53.9 Å². The van der Waals surface area contributed by atoms with Gasteiger partial charge in [0, 0.05) is 19.8 Å². The minimum absolute atomic E-state index is 0.0332. The Labute approximate surface area is 134 Å². The lowest BCUT2D eigenvalue weighted by Crippen LogP contribution is -2.24. The normalized spacial score (nSPS) is 10.6. The quantitative estimate of drug-likeness (QED) is 0.658. The van der Waals surface area contributed by atoms with Crippen molar-refractivity contribution >= 4 is 17.8 Å². The van der Waals surface area contributed by atoms with Crippen LogP contribution in [0.1, 0.15) is 5.56 Å². The number of halogens is 1. The summed E-state index contributed by atoms with van der Waals surface area (Å²) in [6, 6.07) is 13.6. The van der Waals surface area contributed by atoms with Crippen LogP contribution in [0.2, 0.25) is 0 Å². The molecule has 5 nitrogen and oxygen atoms in total. The Morgan fingerprint density at radius 1 is 1.22 bits per heavy atom. The van der Waals surface area contributed by atoms with Gasteiger partial charge in [-0.05, 0) is 29.8 Å². The van der Waals surface area contributed by atoms with Crippen molar-refractivity contribution < 1.29 is 13.9 Å². The number of rotatable bonds is 6. The first-order valence-corrected chi connectivity index (χ1v) is 7.03. The molecule has 0 unspecified atom stereocenters. The third-order valence-corrected chi connectivity index (χ3v) is 3.01. The minimum atomic E-state index is -0.509. The third kappa shape index (κ3) is 5.10. The van der Waals surface area contributed by atoms with Crippen LogP contribution in [0.25, 0.3) is 0 Å². The lowest BCUT2D eigenvalue weighted by atomic mass is 10.2. The molecule has 0 saturated heterocycles. The molecule has 0 aliphatic heterocycles. The number of amides is 1. The van der Waals surface area contributed by atoms with Crippen LogP contribution < -0.4 is 15.1 Å². The van der Waals surface area contributed by atoms with Gasteiger partial charge in [-0.3, -0.25) is 4.79 Å². The van der Waals surface area contributed by atoms with Crippen molar-refractivity contribution in [3.63, 3.8) is 0 Å². The number of ether oxygens (including phenoxy) is 1. The van der Waals surface area contributed by atoms with Gasteiger partial charge in [0.15, 0.2) is 18.2 Å². The summed E-state index contributed by atoms with van der Waals surface area (Å²) in [5, 5.41) is 3.84. The summed E-state index contributed by atoms with van der Waals surface area (Å²) in [5.41, 5.74) is 4.26. The van der Waals surface area contributed by atoms with E-state index in [2.05, 4.69) is 10.5 Å². The number of anilines is 1. The largest absolute Gasteiger partial charge is 0.481 e. The van der Waals surface area contributed by atoms with Gasteiger partial charge in [0.25, 0.3) is 5.91 Å². The van der Waals surface area contributed by atoms with E-state index in [0.717, 1.165) is 11.3 Å². The summed E-state index contributed by atoms with van der Waals surface area (Å²) >= 11 is 0. The fourth-order valence-electron chi connectivity index (χ4n) is 1.77. The highest BCUT2D eigenvalue weighted by atomic mass is 19.1. The Bertz CT molecular complexity index is 684. The Morgan fingerprint density at radius 3 is 2.57 bits per heavy atom. The molecule has 0 radical (unpaired) electrons. The first-order valence-electron chi connectivity index (χ1n) is 7.03. The SMILES string of the molecule is CN(C)c1ccc(/C=N\NC(=O)COc2ccccc2F)cc1. The highest BCUT2D eigenvalue weighted by Gasteiger charge is 2.05. The zero-order valence-electron chi connectivity index (χ0n) is 13.0. The molecule has 2 aromatic rings. The van der Waals surface area contributed by atoms with Crippen molar-refractivity contribution in [3.05, 3.63) is 59.9 Å². The van der Waals surface area contributed by atoms with Gasteiger partial charge in [0.2, 0.25) is 0 Å². The molecule has 0 saturated carbocycles. The predicted molar refractivity (Wildman–Crippen MR) is 88.4 cm³/mol. The second-order valence-electron chi connectivity index (χ2n) is 5.00. The number of benzene rings is 2. The van der Waals surface area contributed by atoms with E-state index in [1.54, 1.807) is 12.1 Å². The summed E-state index contributed by atoms with van der Waals surface area (Å²) in [5.74, 6) is -0.940. The summed E-state index contributed by atoms with van der Waals surface area (Å²) < 4.78 is 18.4. The average molecular weight is 315 g/mol. The molecule has 0 spiro atoms. The van der Waals surface area contributed by atoms with Crippen molar-refractivity contribution in [2.75, 3.05) is 25.6 Å². The molecule has 0 aliphatic rings. The van der Waals surface area contributed by atoms with Gasteiger partial charge in [0.1, 0.15) is 0 Å². The van der Waals surface area contributed by atoms with Crippen LogP contribution in [0.15, 0.2) is 53.6 Å². The highest BCUT2D eigenvalue weighted by Crippen LogP contribution is 2.14. The van der Waals surface area contributed by atoms with Gasteiger partial charge >= 0.3 is 0 Å². The number of carbonyl (C=O) groups excluding carboxylic acids is 1. The standard InChI is InChI=1S/C17H18FN3O2/c1-21(2)14-9-7-13(8-10-14)11-19-20-17(22)12-23-16-6-4-3-5-15(16)18/h3-11H,12H2,1-2H3,(H,20,22)/b19-11-. The molecule has 0 atom stereocenters. The number of para-hydroxylation sites is 1. The maximum Gasteiger partial charge on any atom is 0.277 e. The Balaban J connectivity index is 1.80. The summed E-state index contributed by atoms with van der Waals surface area (Å²) in [6.45, 7) is -0.308. The van der Waals surface area contributed by atoms with Crippen molar-refractivity contribution in [2.45, 2.75) is 0 Å². The van der Waals surface area contributed by atoms with Crippen LogP contribution in [0.5, 0.6) is 5.75 Å². The Morgan fingerprint density at radius 2 is 1.91 bits per heavy atom. The van der Waals surface area contributed by atoms with E-state index in [1.165, 1.54) is 18.3 Å². The second kappa shape index (κ2) is 7.93. The Kier molecular flexibility index (Phi) is 5.68. The number of hydrazone groups is 1. The summed E-state index contributed by atoms with van der Waals surface area (Å²) in [4.78, 5) is 13.6. The molecule has 2 aromatic carbocycles. The van der Waals surface area contributed by atoms with Crippen LogP contribution in [-0.4, -0.2) is 32.8 Å². The summed E-state index contributed by atoms with van der Waals surface area (Å²) in [6.07, 6.45) is 1.53.